The molecule has 0 aliphatic heterocycles. The number of aliphatic hydroxyl groups is 1. The van der Waals surface area contributed by atoms with E-state index in [1.54, 1.807) is 23.1 Å². The Labute approximate surface area is 99.6 Å². The SMILES string of the molecule is CC(C)C(Cn1cccn1)NCC(F)(F)CO. The molecule has 17 heavy (non-hydrogen) atoms. The molecule has 1 heterocycles. The van der Waals surface area contributed by atoms with Crippen molar-refractivity contribution in [3.8, 4) is 0 Å². The van der Waals surface area contributed by atoms with Crippen LogP contribution in [0, 0.1) is 5.92 Å². The van der Waals surface area contributed by atoms with Crippen molar-refractivity contribution >= 4 is 0 Å². The van der Waals surface area contributed by atoms with Crippen LogP contribution in [0.15, 0.2) is 18.5 Å². The topological polar surface area (TPSA) is 50.1 Å². The van der Waals surface area contributed by atoms with Gasteiger partial charge in [-0.15, -0.1) is 0 Å². The highest BCUT2D eigenvalue weighted by Crippen LogP contribution is 2.12. The number of rotatable bonds is 7. The molecule has 98 valence electrons. The Morgan fingerprint density at radius 2 is 2.18 bits per heavy atom. The standard InChI is InChI=1S/C11H19F2N3O/c1-9(2)10(6-16-5-3-4-15-16)14-7-11(12,13)8-17/h3-5,9-10,14,17H,6-8H2,1-2H3. The first kappa shape index (κ1) is 14.1. The Morgan fingerprint density at radius 3 is 2.65 bits per heavy atom. The first-order valence-electron chi connectivity index (χ1n) is 5.64. The van der Waals surface area contributed by atoms with E-state index in [4.69, 9.17) is 5.11 Å². The summed E-state index contributed by atoms with van der Waals surface area (Å²) < 4.78 is 27.5. The van der Waals surface area contributed by atoms with Crippen LogP contribution in [0.25, 0.3) is 0 Å². The Hall–Kier alpha value is -1.01. The predicted octanol–water partition coefficient (Wildman–Crippen LogP) is 1.12. The van der Waals surface area contributed by atoms with E-state index in [9.17, 15) is 8.78 Å². The largest absolute Gasteiger partial charge is 0.390 e. The average molecular weight is 247 g/mol. The number of aromatic nitrogens is 2. The second-order valence-electron chi connectivity index (χ2n) is 4.47. The third kappa shape index (κ3) is 4.79. The molecular weight excluding hydrogens is 228 g/mol. The number of hydrogen-bond donors (Lipinski definition) is 2. The molecule has 1 unspecified atom stereocenters. The van der Waals surface area contributed by atoms with E-state index in [1.807, 2.05) is 13.8 Å². The van der Waals surface area contributed by atoms with Crippen LogP contribution in [0.1, 0.15) is 13.8 Å². The molecule has 1 atom stereocenters. The summed E-state index contributed by atoms with van der Waals surface area (Å²) >= 11 is 0. The smallest absolute Gasteiger partial charge is 0.282 e. The van der Waals surface area contributed by atoms with Crippen LogP contribution < -0.4 is 5.32 Å². The number of nitrogens with one attached hydrogen (secondary N) is 1. The van der Waals surface area contributed by atoms with E-state index >= 15 is 0 Å². The van der Waals surface area contributed by atoms with E-state index in [0.29, 0.717) is 6.54 Å². The quantitative estimate of drug-likeness (QED) is 0.759. The zero-order valence-electron chi connectivity index (χ0n) is 10.1. The van der Waals surface area contributed by atoms with Gasteiger partial charge in [0.05, 0.1) is 13.1 Å². The van der Waals surface area contributed by atoms with Crippen LogP contribution in [0.2, 0.25) is 0 Å². The van der Waals surface area contributed by atoms with Crippen LogP contribution >= 0.6 is 0 Å². The average Bonchev–Trinajstić information content (AvgIpc) is 2.76. The molecule has 0 amide bonds. The third-order valence-electron chi connectivity index (χ3n) is 2.60. The molecule has 1 aromatic heterocycles. The second-order valence-corrected chi connectivity index (χ2v) is 4.47. The van der Waals surface area contributed by atoms with E-state index in [-0.39, 0.29) is 12.0 Å². The lowest BCUT2D eigenvalue weighted by molar-refractivity contribution is -0.0505. The van der Waals surface area contributed by atoms with Crippen molar-refractivity contribution in [3.05, 3.63) is 18.5 Å². The first-order chi connectivity index (χ1) is 7.94. The summed E-state index contributed by atoms with van der Waals surface area (Å²) in [5.74, 6) is -2.87. The van der Waals surface area contributed by atoms with E-state index in [1.165, 1.54) is 0 Å². The molecule has 0 fully saturated rings. The van der Waals surface area contributed by atoms with Crippen LogP contribution in [0.3, 0.4) is 0 Å². The lowest BCUT2D eigenvalue weighted by Gasteiger charge is -2.24. The third-order valence-corrected chi connectivity index (χ3v) is 2.60. The summed E-state index contributed by atoms with van der Waals surface area (Å²) in [6.45, 7) is 2.79. The van der Waals surface area contributed by atoms with Gasteiger partial charge < -0.3 is 10.4 Å². The van der Waals surface area contributed by atoms with Crippen molar-refractivity contribution in [2.75, 3.05) is 13.2 Å². The molecule has 4 nitrogen and oxygen atoms in total. The van der Waals surface area contributed by atoms with Gasteiger partial charge in [-0.2, -0.15) is 5.10 Å². The second kappa shape index (κ2) is 6.07. The normalized spacial score (nSPS) is 14.2. The molecule has 0 aliphatic rings. The maximum absolute atomic E-state index is 12.9. The molecule has 0 aromatic carbocycles. The number of alkyl halides is 2. The van der Waals surface area contributed by atoms with Gasteiger partial charge in [0.1, 0.15) is 6.61 Å². The molecule has 6 heteroatoms. The predicted molar refractivity (Wildman–Crippen MR) is 60.9 cm³/mol. The number of aliphatic hydroxyl groups excluding tert-OH is 1. The molecule has 0 aliphatic carbocycles. The fourth-order valence-electron chi connectivity index (χ4n) is 1.46. The van der Waals surface area contributed by atoms with Crippen molar-refractivity contribution < 1.29 is 13.9 Å². The molecule has 1 aromatic rings. The minimum absolute atomic E-state index is 0.104. The van der Waals surface area contributed by atoms with Crippen molar-refractivity contribution in [1.82, 2.24) is 15.1 Å². The summed E-state index contributed by atoms with van der Waals surface area (Å²) in [5, 5.41) is 15.3. The summed E-state index contributed by atoms with van der Waals surface area (Å²) in [5.41, 5.74) is 0. The van der Waals surface area contributed by atoms with Gasteiger partial charge in [0.25, 0.3) is 5.92 Å². The van der Waals surface area contributed by atoms with Gasteiger partial charge in [0, 0.05) is 18.4 Å². The monoisotopic (exact) mass is 247 g/mol. The number of hydrogen-bond acceptors (Lipinski definition) is 3. The Bertz CT molecular complexity index is 315. The highest BCUT2D eigenvalue weighted by Gasteiger charge is 2.29. The zero-order chi connectivity index (χ0) is 12.9. The van der Waals surface area contributed by atoms with Crippen molar-refractivity contribution in [2.45, 2.75) is 32.4 Å². The van der Waals surface area contributed by atoms with Gasteiger partial charge in [0.2, 0.25) is 0 Å². The highest BCUT2D eigenvalue weighted by atomic mass is 19.3. The van der Waals surface area contributed by atoms with Crippen LogP contribution in [-0.2, 0) is 6.54 Å². The minimum atomic E-state index is -3.07. The Morgan fingerprint density at radius 1 is 1.47 bits per heavy atom. The maximum Gasteiger partial charge on any atom is 0.282 e. The Kier molecular flexibility index (Phi) is 5.02. The minimum Gasteiger partial charge on any atom is -0.390 e. The van der Waals surface area contributed by atoms with Gasteiger partial charge in [-0.1, -0.05) is 13.8 Å². The molecular formula is C11H19F2N3O. The van der Waals surface area contributed by atoms with Gasteiger partial charge in [-0.05, 0) is 12.0 Å². The summed E-state index contributed by atoms with van der Waals surface area (Å²) in [4.78, 5) is 0. The lowest BCUT2D eigenvalue weighted by Crippen LogP contribution is -2.45. The van der Waals surface area contributed by atoms with E-state index < -0.39 is 19.1 Å². The van der Waals surface area contributed by atoms with Gasteiger partial charge in [-0.3, -0.25) is 4.68 Å². The van der Waals surface area contributed by atoms with Crippen molar-refractivity contribution in [1.29, 1.82) is 0 Å². The van der Waals surface area contributed by atoms with Crippen molar-refractivity contribution in [3.63, 3.8) is 0 Å². The molecule has 0 spiro atoms. The molecule has 0 radical (unpaired) electrons. The number of nitrogens with zero attached hydrogens (tertiary/aromatic N) is 2. The summed E-state index contributed by atoms with van der Waals surface area (Å²) in [6, 6.07) is 1.69. The summed E-state index contributed by atoms with van der Waals surface area (Å²) in [7, 11) is 0. The van der Waals surface area contributed by atoms with Crippen LogP contribution in [0.4, 0.5) is 8.78 Å². The van der Waals surface area contributed by atoms with E-state index in [0.717, 1.165) is 0 Å². The zero-order valence-corrected chi connectivity index (χ0v) is 10.1. The first-order valence-corrected chi connectivity index (χ1v) is 5.64. The van der Waals surface area contributed by atoms with Gasteiger partial charge >= 0.3 is 0 Å². The maximum atomic E-state index is 12.9. The molecule has 0 saturated carbocycles. The van der Waals surface area contributed by atoms with Gasteiger partial charge in [-0.25, -0.2) is 8.78 Å². The van der Waals surface area contributed by atoms with Crippen LogP contribution in [-0.4, -0.2) is 40.0 Å². The Balaban J connectivity index is 2.50. The lowest BCUT2D eigenvalue weighted by atomic mass is 10.0. The van der Waals surface area contributed by atoms with E-state index in [2.05, 4.69) is 10.4 Å². The number of halogens is 2. The fourth-order valence-corrected chi connectivity index (χ4v) is 1.46. The van der Waals surface area contributed by atoms with Crippen molar-refractivity contribution in [2.24, 2.45) is 5.92 Å². The molecule has 0 bridgehead atoms. The molecule has 2 N–H and O–H groups in total. The highest BCUT2D eigenvalue weighted by molar-refractivity contribution is 4.82. The van der Waals surface area contributed by atoms with Gasteiger partial charge in [0.15, 0.2) is 0 Å². The summed E-state index contributed by atoms with van der Waals surface area (Å²) in [6.07, 6.45) is 3.45. The fraction of sp³-hybridized carbons (Fsp3) is 0.727. The van der Waals surface area contributed by atoms with Crippen LogP contribution in [0.5, 0.6) is 0 Å². The molecule has 0 saturated heterocycles. The molecule has 1 rings (SSSR count).